The van der Waals surface area contributed by atoms with E-state index < -0.39 is 0 Å². The Bertz CT molecular complexity index is 472. The Balaban J connectivity index is 1.44. The fourth-order valence-electron chi connectivity index (χ4n) is 3.46. The molecule has 21 heavy (non-hydrogen) atoms. The summed E-state index contributed by atoms with van der Waals surface area (Å²) in [5.74, 6) is 1.56. The van der Waals surface area contributed by atoms with Crippen molar-refractivity contribution in [3.8, 4) is 0 Å². The molecule has 2 saturated carbocycles. The second-order valence-corrected chi connectivity index (χ2v) is 6.41. The van der Waals surface area contributed by atoms with E-state index in [1.54, 1.807) is 23.5 Å². The van der Waals surface area contributed by atoms with Gasteiger partial charge >= 0.3 is 6.03 Å². The van der Waals surface area contributed by atoms with Crippen LogP contribution in [0, 0.1) is 11.8 Å². The van der Waals surface area contributed by atoms with Gasteiger partial charge in [-0.15, -0.1) is 0 Å². The summed E-state index contributed by atoms with van der Waals surface area (Å²) < 4.78 is 0. The van der Waals surface area contributed by atoms with Crippen LogP contribution in [0.1, 0.15) is 44.2 Å². The van der Waals surface area contributed by atoms with Gasteiger partial charge in [-0.3, -0.25) is 9.97 Å². The molecule has 1 heterocycles. The van der Waals surface area contributed by atoms with Crippen LogP contribution in [0.2, 0.25) is 0 Å². The lowest BCUT2D eigenvalue weighted by Crippen LogP contribution is -2.39. The lowest BCUT2D eigenvalue weighted by molar-refractivity contribution is 0.204. The highest BCUT2D eigenvalue weighted by molar-refractivity contribution is 5.74. The van der Waals surface area contributed by atoms with Gasteiger partial charge in [0.15, 0.2) is 0 Å². The van der Waals surface area contributed by atoms with Gasteiger partial charge in [0.05, 0.1) is 18.4 Å². The molecule has 5 heteroatoms. The zero-order chi connectivity index (χ0) is 14.7. The molecule has 2 fully saturated rings. The maximum Gasteiger partial charge on any atom is 0.317 e. The minimum atomic E-state index is 0.00367. The number of carbonyl (C=O) groups is 1. The third-order valence-corrected chi connectivity index (χ3v) is 4.77. The number of aromatic nitrogens is 2. The van der Waals surface area contributed by atoms with Gasteiger partial charge in [-0.05, 0) is 18.3 Å². The average molecular weight is 288 g/mol. The molecule has 0 radical (unpaired) electrons. The second kappa shape index (κ2) is 6.41. The lowest BCUT2D eigenvalue weighted by atomic mass is 9.85. The summed E-state index contributed by atoms with van der Waals surface area (Å²) in [7, 11) is 1.81. The van der Waals surface area contributed by atoms with Gasteiger partial charge in [0.2, 0.25) is 0 Å². The number of urea groups is 1. The zero-order valence-electron chi connectivity index (χ0n) is 12.7. The first-order valence-corrected chi connectivity index (χ1v) is 8.00. The molecule has 2 atom stereocenters. The van der Waals surface area contributed by atoms with E-state index in [2.05, 4.69) is 15.3 Å². The fourth-order valence-corrected chi connectivity index (χ4v) is 3.46. The number of rotatable bonds is 4. The molecule has 0 bridgehead atoms. The fraction of sp³-hybridized carbons (Fsp3) is 0.688. The molecule has 1 N–H and O–H groups in total. The van der Waals surface area contributed by atoms with Gasteiger partial charge in [0, 0.05) is 25.5 Å². The Morgan fingerprint density at radius 3 is 2.86 bits per heavy atom. The molecule has 0 unspecified atom stereocenters. The number of amides is 2. The molecule has 114 valence electrons. The van der Waals surface area contributed by atoms with E-state index in [-0.39, 0.29) is 6.03 Å². The highest BCUT2D eigenvalue weighted by atomic mass is 16.2. The highest BCUT2D eigenvalue weighted by Gasteiger charge is 2.44. The SMILES string of the molecule is CN(Cc1cnccn1)C(=O)N[C@H]1C[C@H]1C1CCCCC1. The zero-order valence-corrected chi connectivity index (χ0v) is 12.7. The lowest BCUT2D eigenvalue weighted by Gasteiger charge is -2.22. The average Bonchev–Trinajstić information content (AvgIpc) is 3.28. The van der Waals surface area contributed by atoms with Crippen molar-refractivity contribution in [1.29, 1.82) is 0 Å². The van der Waals surface area contributed by atoms with E-state index in [1.165, 1.54) is 32.1 Å². The van der Waals surface area contributed by atoms with E-state index in [9.17, 15) is 4.79 Å². The van der Waals surface area contributed by atoms with Crippen molar-refractivity contribution >= 4 is 6.03 Å². The topological polar surface area (TPSA) is 58.1 Å². The summed E-state index contributed by atoms with van der Waals surface area (Å²) in [5, 5.41) is 3.16. The first-order chi connectivity index (χ1) is 10.2. The molecular weight excluding hydrogens is 264 g/mol. The van der Waals surface area contributed by atoms with Gasteiger partial charge in [0.25, 0.3) is 0 Å². The van der Waals surface area contributed by atoms with Crippen molar-refractivity contribution in [2.75, 3.05) is 7.05 Å². The minimum absolute atomic E-state index is 0.00367. The normalized spacial score (nSPS) is 25.4. The molecule has 0 aromatic carbocycles. The largest absolute Gasteiger partial charge is 0.335 e. The summed E-state index contributed by atoms with van der Waals surface area (Å²) in [5.41, 5.74) is 0.815. The molecule has 0 aliphatic heterocycles. The molecule has 0 saturated heterocycles. The number of hydrogen-bond acceptors (Lipinski definition) is 3. The van der Waals surface area contributed by atoms with Crippen molar-refractivity contribution in [2.24, 2.45) is 11.8 Å². The third-order valence-electron chi connectivity index (χ3n) is 4.77. The molecule has 1 aromatic rings. The van der Waals surface area contributed by atoms with Gasteiger partial charge in [0.1, 0.15) is 0 Å². The van der Waals surface area contributed by atoms with Crippen molar-refractivity contribution in [2.45, 2.75) is 51.1 Å². The Morgan fingerprint density at radius 1 is 1.33 bits per heavy atom. The van der Waals surface area contributed by atoms with Gasteiger partial charge < -0.3 is 10.2 Å². The molecular formula is C16H24N4O. The maximum atomic E-state index is 12.2. The van der Waals surface area contributed by atoms with Crippen LogP contribution in [-0.2, 0) is 6.54 Å². The number of nitrogens with zero attached hydrogens (tertiary/aromatic N) is 3. The smallest absolute Gasteiger partial charge is 0.317 e. The summed E-state index contributed by atoms with van der Waals surface area (Å²) in [6.07, 6.45) is 13.0. The Kier molecular flexibility index (Phi) is 4.36. The summed E-state index contributed by atoms with van der Waals surface area (Å²) in [6, 6.07) is 0.397. The number of hydrogen-bond donors (Lipinski definition) is 1. The van der Waals surface area contributed by atoms with E-state index in [0.29, 0.717) is 12.6 Å². The molecule has 2 aliphatic carbocycles. The third kappa shape index (κ3) is 3.71. The van der Waals surface area contributed by atoms with Crippen molar-refractivity contribution in [3.63, 3.8) is 0 Å². The molecule has 2 amide bonds. The summed E-state index contributed by atoms with van der Waals surface area (Å²) in [6.45, 7) is 0.500. The summed E-state index contributed by atoms with van der Waals surface area (Å²) in [4.78, 5) is 22.1. The molecule has 3 rings (SSSR count). The quantitative estimate of drug-likeness (QED) is 0.926. The Morgan fingerprint density at radius 2 is 2.14 bits per heavy atom. The Hall–Kier alpha value is -1.65. The highest BCUT2D eigenvalue weighted by Crippen LogP contribution is 2.44. The van der Waals surface area contributed by atoms with Crippen molar-refractivity contribution in [3.05, 3.63) is 24.3 Å². The predicted molar refractivity (Wildman–Crippen MR) is 80.5 cm³/mol. The van der Waals surface area contributed by atoms with E-state index in [0.717, 1.165) is 24.0 Å². The van der Waals surface area contributed by atoms with E-state index >= 15 is 0 Å². The van der Waals surface area contributed by atoms with E-state index in [1.807, 2.05) is 7.05 Å². The van der Waals surface area contributed by atoms with Crippen LogP contribution in [0.15, 0.2) is 18.6 Å². The van der Waals surface area contributed by atoms with Crippen molar-refractivity contribution < 1.29 is 4.79 Å². The first kappa shape index (κ1) is 14.3. The molecule has 5 nitrogen and oxygen atoms in total. The second-order valence-electron chi connectivity index (χ2n) is 6.41. The number of carbonyl (C=O) groups excluding carboxylic acids is 1. The van der Waals surface area contributed by atoms with Crippen LogP contribution >= 0.6 is 0 Å². The number of nitrogens with one attached hydrogen (secondary N) is 1. The predicted octanol–water partition coefficient (Wildman–Crippen LogP) is 2.59. The first-order valence-electron chi connectivity index (χ1n) is 8.00. The molecule has 1 aromatic heterocycles. The van der Waals surface area contributed by atoms with Gasteiger partial charge in [-0.1, -0.05) is 32.1 Å². The molecule has 0 spiro atoms. The Labute approximate surface area is 126 Å². The van der Waals surface area contributed by atoms with Crippen LogP contribution < -0.4 is 5.32 Å². The maximum absolute atomic E-state index is 12.2. The van der Waals surface area contributed by atoms with Crippen LogP contribution in [-0.4, -0.2) is 34.0 Å². The van der Waals surface area contributed by atoms with Gasteiger partial charge in [-0.2, -0.15) is 0 Å². The van der Waals surface area contributed by atoms with Crippen LogP contribution in [0.3, 0.4) is 0 Å². The van der Waals surface area contributed by atoms with E-state index in [4.69, 9.17) is 0 Å². The van der Waals surface area contributed by atoms with Crippen LogP contribution in [0.25, 0.3) is 0 Å². The van der Waals surface area contributed by atoms with Crippen LogP contribution in [0.4, 0.5) is 4.79 Å². The molecule has 2 aliphatic rings. The van der Waals surface area contributed by atoms with Crippen molar-refractivity contribution in [1.82, 2.24) is 20.2 Å². The minimum Gasteiger partial charge on any atom is -0.335 e. The standard InChI is InChI=1S/C16H24N4O/c1-20(11-13-10-17-7-8-18-13)16(21)19-15-9-14(15)12-5-3-2-4-6-12/h7-8,10,12,14-15H,2-6,9,11H2,1H3,(H,19,21)/t14-,15-/m0/s1. The summed E-state index contributed by atoms with van der Waals surface area (Å²) >= 11 is 0. The van der Waals surface area contributed by atoms with Crippen LogP contribution in [0.5, 0.6) is 0 Å². The monoisotopic (exact) mass is 288 g/mol. The van der Waals surface area contributed by atoms with Gasteiger partial charge in [-0.25, -0.2) is 4.79 Å².